The Labute approximate surface area is 111 Å². The predicted molar refractivity (Wildman–Crippen MR) is 68.2 cm³/mol. The first kappa shape index (κ1) is 13.6. The van der Waals surface area contributed by atoms with E-state index in [1.54, 1.807) is 13.0 Å². The number of aliphatic hydroxyl groups excluding tert-OH is 1. The molecule has 0 heterocycles. The van der Waals surface area contributed by atoms with Crippen molar-refractivity contribution in [3.05, 3.63) is 28.5 Å². The lowest BCUT2D eigenvalue weighted by molar-refractivity contribution is 0.122. The second-order valence-corrected chi connectivity index (χ2v) is 5.01. The quantitative estimate of drug-likeness (QED) is 0.867. The third-order valence-electron chi connectivity index (χ3n) is 3.17. The van der Waals surface area contributed by atoms with Crippen LogP contribution < -0.4 is 10.5 Å². The number of nitrogens with two attached hydrogens (primary N) is 1. The summed E-state index contributed by atoms with van der Waals surface area (Å²) in [5.41, 5.74) is 6.43. The monoisotopic (exact) mass is 273 g/mol. The minimum absolute atomic E-state index is 0.0380. The number of benzene rings is 1. The SMILES string of the molecule is CCOc1c(F)cc([C@@H](N)[C@@H](O)C2CC2)cc1Cl. The lowest BCUT2D eigenvalue weighted by atomic mass is 9.99. The number of ether oxygens (including phenoxy) is 1. The van der Waals surface area contributed by atoms with E-state index in [0.29, 0.717) is 12.2 Å². The lowest BCUT2D eigenvalue weighted by Crippen LogP contribution is -2.28. The zero-order valence-corrected chi connectivity index (χ0v) is 11.0. The molecule has 2 atom stereocenters. The molecule has 5 heteroatoms. The fourth-order valence-electron chi connectivity index (χ4n) is 1.98. The van der Waals surface area contributed by atoms with Crippen molar-refractivity contribution in [3.63, 3.8) is 0 Å². The summed E-state index contributed by atoms with van der Waals surface area (Å²) in [6, 6.07) is 2.24. The molecular weight excluding hydrogens is 257 g/mol. The van der Waals surface area contributed by atoms with Gasteiger partial charge in [0.2, 0.25) is 0 Å². The summed E-state index contributed by atoms with van der Waals surface area (Å²) >= 11 is 5.96. The van der Waals surface area contributed by atoms with E-state index in [9.17, 15) is 9.50 Å². The Bertz CT molecular complexity index is 414. The van der Waals surface area contributed by atoms with Gasteiger partial charge in [-0.15, -0.1) is 0 Å². The second kappa shape index (κ2) is 5.43. The topological polar surface area (TPSA) is 55.5 Å². The van der Waals surface area contributed by atoms with E-state index < -0.39 is 18.0 Å². The zero-order valence-electron chi connectivity index (χ0n) is 10.2. The van der Waals surface area contributed by atoms with Crippen molar-refractivity contribution in [2.75, 3.05) is 6.61 Å². The minimum Gasteiger partial charge on any atom is -0.489 e. The van der Waals surface area contributed by atoms with Crippen LogP contribution in [0.5, 0.6) is 5.75 Å². The molecule has 1 saturated carbocycles. The van der Waals surface area contributed by atoms with E-state index in [1.807, 2.05) is 0 Å². The number of hydrogen-bond donors (Lipinski definition) is 2. The van der Waals surface area contributed by atoms with Crippen LogP contribution in [0.4, 0.5) is 4.39 Å². The molecule has 1 aliphatic rings. The average molecular weight is 274 g/mol. The van der Waals surface area contributed by atoms with Gasteiger partial charge in [-0.05, 0) is 43.4 Å². The van der Waals surface area contributed by atoms with Crippen LogP contribution in [0.15, 0.2) is 12.1 Å². The first-order valence-corrected chi connectivity index (χ1v) is 6.47. The van der Waals surface area contributed by atoms with E-state index in [1.165, 1.54) is 6.07 Å². The van der Waals surface area contributed by atoms with Crippen LogP contribution in [-0.4, -0.2) is 17.8 Å². The van der Waals surface area contributed by atoms with Crippen molar-refractivity contribution in [1.82, 2.24) is 0 Å². The van der Waals surface area contributed by atoms with Crippen molar-refractivity contribution >= 4 is 11.6 Å². The fourth-order valence-corrected chi connectivity index (χ4v) is 2.25. The Morgan fingerprint density at radius 1 is 1.56 bits per heavy atom. The van der Waals surface area contributed by atoms with Gasteiger partial charge in [-0.25, -0.2) is 4.39 Å². The van der Waals surface area contributed by atoms with Gasteiger partial charge in [0.15, 0.2) is 11.6 Å². The van der Waals surface area contributed by atoms with E-state index in [-0.39, 0.29) is 16.7 Å². The minimum atomic E-state index is -0.640. The number of halogens is 2. The van der Waals surface area contributed by atoms with Crippen molar-refractivity contribution in [2.24, 2.45) is 11.7 Å². The Kier molecular flexibility index (Phi) is 4.10. The lowest BCUT2D eigenvalue weighted by Gasteiger charge is -2.20. The highest BCUT2D eigenvalue weighted by Crippen LogP contribution is 2.39. The van der Waals surface area contributed by atoms with Crippen LogP contribution in [0.1, 0.15) is 31.4 Å². The van der Waals surface area contributed by atoms with Crippen LogP contribution in [0.3, 0.4) is 0 Å². The third kappa shape index (κ3) is 2.76. The first-order valence-electron chi connectivity index (χ1n) is 6.10. The van der Waals surface area contributed by atoms with E-state index in [0.717, 1.165) is 12.8 Å². The molecule has 100 valence electrons. The molecule has 1 aromatic rings. The molecule has 0 aliphatic heterocycles. The largest absolute Gasteiger partial charge is 0.489 e. The van der Waals surface area contributed by atoms with Crippen molar-refractivity contribution < 1.29 is 14.2 Å². The van der Waals surface area contributed by atoms with Crippen molar-refractivity contribution in [2.45, 2.75) is 31.9 Å². The first-order chi connectivity index (χ1) is 8.54. The third-order valence-corrected chi connectivity index (χ3v) is 3.45. The highest BCUT2D eigenvalue weighted by atomic mass is 35.5. The fraction of sp³-hybridized carbons (Fsp3) is 0.538. The maximum absolute atomic E-state index is 13.8. The molecular formula is C13H17ClFNO2. The Hall–Kier alpha value is -0.840. The summed E-state index contributed by atoms with van der Waals surface area (Å²) < 4.78 is 18.9. The number of aliphatic hydroxyl groups is 1. The van der Waals surface area contributed by atoms with Crippen molar-refractivity contribution in [1.29, 1.82) is 0 Å². The Balaban J connectivity index is 2.23. The Morgan fingerprint density at radius 3 is 2.72 bits per heavy atom. The van der Waals surface area contributed by atoms with Gasteiger partial charge < -0.3 is 15.6 Å². The Morgan fingerprint density at radius 2 is 2.22 bits per heavy atom. The predicted octanol–water partition coefficient (Wildman–Crippen LogP) is 2.65. The average Bonchev–Trinajstić information content (AvgIpc) is 3.15. The molecule has 1 fully saturated rings. The van der Waals surface area contributed by atoms with Gasteiger partial charge in [0.25, 0.3) is 0 Å². The maximum atomic E-state index is 13.8. The van der Waals surface area contributed by atoms with E-state index in [2.05, 4.69) is 0 Å². The summed E-state index contributed by atoms with van der Waals surface area (Å²) in [6.45, 7) is 2.10. The number of hydrogen-bond acceptors (Lipinski definition) is 3. The zero-order chi connectivity index (χ0) is 13.3. The van der Waals surface area contributed by atoms with Crippen LogP contribution >= 0.6 is 11.6 Å². The molecule has 0 saturated heterocycles. The normalized spacial score (nSPS) is 18.5. The van der Waals surface area contributed by atoms with Gasteiger partial charge >= 0.3 is 0 Å². The summed E-state index contributed by atoms with van der Waals surface area (Å²) in [4.78, 5) is 0. The molecule has 1 aromatic carbocycles. The highest BCUT2D eigenvalue weighted by Gasteiger charge is 2.34. The second-order valence-electron chi connectivity index (χ2n) is 4.60. The molecule has 2 rings (SSSR count). The molecule has 0 spiro atoms. The molecule has 1 aliphatic carbocycles. The van der Waals surface area contributed by atoms with Gasteiger partial charge in [-0.3, -0.25) is 0 Å². The van der Waals surface area contributed by atoms with E-state index >= 15 is 0 Å². The molecule has 0 unspecified atom stereocenters. The van der Waals surface area contributed by atoms with Crippen molar-refractivity contribution in [3.8, 4) is 5.75 Å². The van der Waals surface area contributed by atoms with Gasteiger partial charge in [0.1, 0.15) is 0 Å². The van der Waals surface area contributed by atoms with Gasteiger partial charge in [0.05, 0.1) is 23.8 Å². The molecule has 3 nitrogen and oxygen atoms in total. The molecule has 0 radical (unpaired) electrons. The van der Waals surface area contributed by atoms with Gasteiger partial charge in [0, 0.05) is 0 Å². The van der Waals surface area contributed by atoms with Crippen LogP contribution in [0, 0.1) is 11.7 Å². The smallest absolute Gasteiger partial charge is 0.173 e. The van der Waals surface area contributed by atoms with Gasteiger partial charge in [-0.1, -0.05) is 11.6 Å². The van der Waals surface area contributed by atoms with Crippen LogP contribution in [0.25, 0.3) is 0 Å². The van der Waals surface area contributed by atoms with Gasteiger partial charge in [-0.2, -0.15) is 0 Å². The molecule has 0 bridgehead atoms. The molecule has 18 heavy (non-hydrogen) atoms. The standard InChI is InChI=1S/C13H17ClFNO2/c1-2-18-13-9(14)5-8(6-10(13)15)11(16)12(17)7-3-4-7/h5-7,11-12,17H,2-4,16H2,1H3/t11-,12+/m1/s1. The molecule has 0 amide bonds. The highest BCUT2D eigenvalue weighted by molar-refractivity contribution is 6.32. The van der Waals surface area contributed by atoms with Crippen LogP contribution in [-0.2, 0) is 0 Å². The summed E-state index contributed by atoms with van der Waals surface area (Å²) in [7, 11) is 0. The summed E-state index contributed by atoms with van der Waals surface area (Å²) in [6.07, 6.45) is 1.31. The molecule has 3 N–H and O–H groups in total. The van der Waals surface area contributed by atoms with Crippen LogP contribution in [0.2, 0.25) is 5.02 Å². The summed E-state index contributed by atoms with van der Waals surface area (Å²) in [5, 5.41) is 10.1. The van der Waals surface area contributed by atoms with E-state index in [4.69, 9.17) is 22.1 Å². The number of rotatable bonds is 5. The maximum Gasteiger partial charge on any atom is 0.173 e. The summed E-state index contributed by atoms with van der Waals surface area (Å²) in [5.74, 6) is -0.276. The molecule has 0 aromatic heterocycles.